The van der Waals surface area contributed by atoms with Crippen molar-refractivity contribution in [3.8, 4) is 0 Å². The van der Waals surface area contributed by atoms with Gasteiger partial charge < -0.3 is 9.88 Å². The van der Waals surface area contributed by atoms with E-state index in [1.807, 2.05) is 11.6 Å². The fourth-order valence-corrected chi connectivity index (χ4v) is 2.52. The number of aromatic nitrogens is 4. The van der Waals surface area contributed by atoms with E-state index in [9.17, 15) is 4.79 Å². The minimum Gasteiger partial charge on any atom is -0.365 e. The van der Waals surface area contributed by atoms with Crippen LogP contribution in [0.25, 0.3) is 0 Å². The van der Waals surface area contributed by atoms with E-state index in [4.69, 9.17) is 0 Å². The largest absolute Gasteiger partial charge is 0.365 e. The molecule has 112 valence electrons. The summed E-state index contributed by atoms with van der Waals surface area (Å²) in [5.41, 5.74) is 2.20. The molecule has 3 rings (SSSR count). The fourth-order valence-electron chi connectivity index (χ4n) is 2.52. The lowest BCUT2D eigenvalue weighted by molar-refractivity contribution is 0.573. The van der Waals surface area contributed by atoms with Gasteiger partial charge in [0.05, 0.1) is 5.69 Å². The van der Waals surface area contributed by atoms with Crippen LogP contribution in [0.1, 0.15) is 36.7 Å². The van der Waals surface area contributed by atoms with E-state index in [0.717, 1.165) is 38.0 Å². The first kappa shape index (κ1) is 13.9. The predicted octanol–water partition coefficient (Wildman–Crippen LogP) is 1.89. The second-order valence-electron chi connectivity index (χ2n) is 5.65. The molecule has 6 nitrogen and oxygen atoms in total. The first-order chi connectivity index (χ1) is 10.1. The highest BCUT2D eigenvalue weighted by Gasteiger charge is 2.25. The Kier molecular flexibility index (Phi) is 3.77. The Morgan fingerprint density at radius 1 is 1.38 bits per heavy atom. The number of nitrogens with zero attached hydrogens (tertiary/aromatic N) is 4. The van der Waals surface area contributed by atoms with Gasteiger partial charge in [-0.05, 0) is 39.2 Å². The second-order valence-corrected chi connectivity index (χ2v) is 5.65. The van der Waals surface area contributed by atoms with Crippen LogP contribution in [-0.4, -0.2) is 25.9 Å². The fraction of sp³-hybridized carbons (Fsp3) is 0.533. The van der Waals surface area contributed by atoms with Crippen molar-refractivity contribution < 1.29 is 0 Å². The van der Waals surface area contributed by atoms with E-state index < -0.39 is 0 Å². The Morgan fingerprint density at radius 3 is 2.86 bits per heavy atom. The summed E-state index contributed by atoms with van der Waals surface area (Å²) in [5.74, 6) is 0.456. The van der Waals surface area contributed by atoms with Gasteiger partial charge in [0.1, 0.15) is 0 Å². The molecule has 0 aliphatic heterocycles. The SMILES string of the molecule is Cc1cc(C)n(CCCNc2nccn(C3CC3)c2=O)n1. The number of aryl methyl sites for hydroxylation is 3. The lowest BCUT2D eigenvalue weighted by atomic mass is 10.4. The molecule has 1 N–H and O–H groups in total. The number of rotatable bonds is 6. The van der Waals surface area contributed by atoms with Gasteiger partial charge in [-0.25, -0.2) is 4.98 Å². The molecule has 0 unspecified atom stereocenters. The van der Waals surface area contributed by atoms with Gasteiger partial charge in [0, 0.05) is 37.2 Å². The van der Waals surface area contributed by atoms with Crippen LogP contribution in [-0.2, 0) is 6.54 Å². The van der Waals surface area contributed by atoms with Gasteiger partial charge in [-0.15, -0.1) is 0 Å². The molecular formula is C15H21N5O. The van der Waals surface area contributed by atoms with Gasteiger partial charge in [0.25, 0.3) is 5.56 Å². The minimum atomic E-state index is -0.00823. The molecule has 0 aromatic carbocycles. The van der Waals surface area contributed by atoms with E-state index in [1.54, 1.807) is 17.0 Å². The van der Waals surface area contributed by atoms with Crippen molar-refractivity contribution in [1.82, 2.24) is 19.3 Å². The molecule has 0 amide bonds. The third-order valence-electron chi connectivity index (χ3n) is 3.75. The predicted molar refractivity (Wildman–Crippen MR) is 81.6 cm³/mol. The number of hydrogen-bond acceptors (Lipinski definition) is 4. The summed E-state index contributed by atoms with van der Waals surface area (Å²) < 4.78 is 3.79. The summed E-state index contributed by atoms with van der Waals surface area (Å²) in [7, 11) is 0. The van der Waals surface area contributed by atoms with Gasteiger partial charge in [-0.2, -0.15) is 5.10 Å². The van der Waals surface area contributed by atoms with Crippen LogP contribution in [0, 0.1) is 13.8 Å². The average molecular weight is 287 g/mol. The molecule has 1 fully saturated rings. The van der Waals surface area contributed by atoms with Crippen molar-refractivity contribution in [3.05, 3.63) is 40.2 Å². The summed E-state index contributed by atoms with van der Waals surface area (Å²) in [5, 5.41) is 7.57. The van der Waals surface area contributed by atoms with E-state index >= 15 is 0 Å². The molecule has 0 spiro atoms. The van der Waals surface area contributed by atoms with Crippen molar-refractivity contribution >= 4 is 5.82 Å². The molecule has 2 heterocycles. The molecule has 1 saturated carbocycles. The van der Waals surface area contributed by atoms with Gasteiger partial charge in [-0.1, -0.05) is 0 Å². The normalized spacial score (nSPS) is 14.4. The van der Waals surface area contributed by atoms with Crippen molar-refractivity contribution in [2.24, 2.45) is 0 Å². The van der Waals surface area contributed by atoms with Crippen molar-refractivity contribution in [1.29, 1.82) is 0 Å². The molecular weight excluding hydrogens is 266 g/mol. The highest BCUT2D eigenvalue weighted by molar-refractivity contribution is 5.31. The molecule has 6 heteroatoms. The first-order valence-electron chi connectivity index (χ1n) is 7.47. The number of hydrogen-bond donors (Lipinski definition) is 1. The number of nitrogens with one attached hydrogen (secondary N) is 1. The van der Waals surface area contributed by atoms with Gasteiger partial charge >= 0.3 is 0 Å². The molecule has 0 bridgehead atoms. The van der Waals surface area contributed by atoms with Crippen molar-refractivity contribution in [2.45, 2.75) is 45.7 Å². The lowest BCUT2D eigenvalue weighted by Crippen LogP contribution is -2.24. The Hall–Kier alpha value is -2.11. The zero-order valence-electron chi connectivity index (χ0n) is 12.5. The summed E-state index contributed by atoms with van der Waals surface area (Å²) in [6.07, 6.45) is 6.58. The number of anilines is 1. The maximum atomic E-state index is 12.2. The van der Waals surface area contributed by atoms with E-state index in [1.165, 1.54) is 5.69 Å². The summed E-state index contributed by atoms with van der Waals surface area (Å²) >= 11 is 0. The van der Waals surface area contributed by atoms with E-state index in [0.29, 0.717) is 11.9 Å². The molecule has 1 aliphatic rings. The molecule has 2 aromatic rings. The maximum Gasteiger partial charge on any atom is 0.293 e. The van der Waals surface area contributed by atoms with Gasteiger partial charge in [0.2, 0.25) is 0 Å². The Bertz CT molecular complexity index is 684. The monoisotopic (exact) mass is 287 g/mol. The maximum absolute atomic E-state index is 12.2. The quantitative estimate of drug-likeness (QED) is 0.824. The van der Waals surface area contributed by atoms with Crippen LogP contribution < -0.4 is 10.9 Å². The van der Waals surface area contributed by atoms with Crippen LogP contribution in [0.2, 0.25) is 0 Å². The third kappa shape index (κ3) is 3.15. The Balaban J connectivity index is 1.55. The lowest BCUT2D eigenvalue weighted by Gasteiger charge is -2.08. The molecule has 0 radical (unpaired) electrons. The zero-order valence-corrected chi connectivity index (χ0v) is 12.5. The summed E-state index contributed by atoms with van der Waals surface area (Å²) in [4.78, 5) is 16.3. The average Bonchev–Trinajstić information content (AvgIpc) is 3.23. The zero-order chi connectivity index (χ0) is 14.8. The Morgan fingerprint density at radius 2 is 2.19 bits per heavy atom. The van der Waals surface area contributed by atoms with Crippen LogP contribution in [0.3, 0.4) is 0 Å². The summed E-state index contributed by atoms with van der Waals surface area (Å²) in [6.45, 7) is 5.61. The van der Waals surface area contributed by atoms with Crippen molar-refractivity contribution in [3.63, 3.8) is 0 Å². The Labute approximate surface area is 123 Å². The standard InChI is InChI=1S/C15H21N5O/c1-11-10-12(2)20(18-11)8-3-6-16-14-15(21)19(9-7-17-14)13-4-5-13/h7,9-10,13H,3-6,8H2,1-2H3,(H,16,17). The topological polar surface area (TPSA) is 64.7 Å². The first-order valence-corrected chi connectivity index (χ1v) is 7.47. The van der Waals surface area contributed by atoms with Crippen molar-refractivity contribution in [2.75, 3.05) is 11.9 Å². The van der Waals surface area contributed by atoms with Crippen LogP contribution in [0.5, 0.6) is 0 Å². The molecule has 1 aliphatic carbocycles. The second kappa shape index (κ2) is 5.71. The van der Waals surface area contributed by atoms with Gasteiger partial charge in [0.15, 0.2) is 5.82 Å². The molecule has 21 heavy (non-hydrogen) atoms. The van der Waals surface area contributed by atoms with Crippen LogP contribution in [0.15, 0.2) is 23.3 Å². The minimum absolute atomic E-state index is 0.00823. The molecule has 2 aromatic heterocycles. The highest BCUT2D eigenvalue weighted by atomic mass is 16.1. The highest BCUT2D eigenvalue weighted by Crippen LogP contribution is 2.33. The molecule has 0 atom stereocenters. The third-order valence-corrected chi connectivity index (χ3v) is 3.75. The van der Waals surface area contributed by atoms with Crippen LogP contribution in [0.4, 0.5) is 5.82 Å². The summed E-state index contributed by atoms with van der Waals surface area (Å²) in [6, 6.07) is 2.45. The van der Waals surface area contributed by atoms with Crippen LogP contribution >= 0.6 is 0 Å². The van der Waals surface area contributed by atoms with E-state index in [2.05, 4.69) is 28.4 Å². The molecule has 0 saturated heterocycles. The van der Waals surface area contributed by atoms with Gasteiger partial charge in [-0.3, -0.25) is 9.48 Å². The van der Waals surface area contributed by atoms with E-state index in [-0.39, 0.29) is 5.56 Å². The smallest absolute Gasteiger partial charge is 0.293 e.